The molecule has 0 radical (unpaired) electrons. The van der Waals surface area contributed by atoms with Crippen LogP contribution in [-0.2, 0) is 42.8 Å². The molecule has 0 aliphatic heterocycles. The smallest absolute Gasteiger partial charge is 0.321 e. The number of carbonyl (C=O) groups excluding carboxylic acids is 2. The Bertz CT molecular complexity index is 791. The molecule has 0 aliphatic rings. The first kappa shape index (κ1) is 22.1. The number of esters is 2. The fourth-order valence-electron chi connectivity index (χ4n) is 2.28. The van der Waals surface area contributed by atoms with E-state index in [1.165, 1.54) is 38.1 Å². The average Bonchev–Trinajstić information content (AvgIpc) is 2.53. The van der Waals surface area contributed by atoms with Crippen molar-refractivity contribution in [2.45, 2.75) is 24.9 Å². The average molecular weight is 406 g/mol. The molecule has 0 amide bonds. The van der Waals surface area contributed by atoms with Crippen LogP contribution in [0.3, 0.4) is 0 Å². The zero-order chi connectivity index (χ0) is 20.0. The van der Waals surface area contributed by atoms with Crippen LogP contribution in [0.2, 0.25) is 0 Å². The van der Waals surface area contributed by atoms with Gasteiger partial charge in [-0.3, -0.25) is 9.59 Å². The number of rotatable bonds is 9. The Balaban J connectivity index is 3.50. The summed E-state index contributed by atoms with van der Waals surface area (Å²) in [7, 11) is -9.17. The third-order valence-electron chi connectivity index (χ3n) is 3.71. The lowest BCUT2D eigenvalue weighted by Gasteiger charge is -2.29. The van der Waals surface area contributed by atoms with Crippen molar-refractivity contribution in [2.75, 3.05) is 24.7 Å². The minimum Gasteiger partial charge on any atom is -0.465 e. The summed E-state index contributed by atoms with van der Waals surface area (Å²) >= 11 is 0. The molecule has 10 heteroatoms. The van der Waals surface area contributed by atoms with E-state index in [4.69, 9.17) is 0 Å². The fourth-order valence-corrected chi connectivity index (χ4v) is 6.51. The first-order valence-corrected chi connectivity index (χ1v) is 11.1. The van der Waals surface area contributed by atoms with Crippen LogP contribution in [-0.4, -0.2) is 53.5 Å². The summed E-state index contributed by atoms with van der Waals surface area (Å²) < 4.78 is 58.3. The van der Waals surface area contributed by atoms with E-state index in [9.17, 15) is 26.4 Å². The molecule has 1 rings (SSSR count). The van der Waals surface area contributed by atoms with Crippen molar-refractivity contribution in [3.63, 3.8) is 0 Å². The van der Waals surface area contributed by atoms with Gasteiger partial charge in [0.05, 0.1) is 13.2 Å². The Morgan fingerprint density at radius 2 is 1.23 bits per heavy atom. The van der Waals surface area contributed by atoms with E-state index < -0.39 is 47.2 Å². The van der Waals surface area contributed by atoms with Crippen molar-refractivity contribution in [3.8, 4) is 0 Å². The van der Waals surface area contributed by atoms with Crippen LogP contribution in [0.1, 0.15) is 26.3 Å². The van der Waals surface area contributed by atoms with E-state index in [1.54, 1.807) is 6.07 Å². The lowest BCUT2D eigenvalue weighted by atomic mass is 10.2. The molecule has 0 N–H and O–H groups in total. The summed E-state index contributed by atoms with van der Waals surface area (Å²) in [6.07, 6.45) is 0. The third-order valence-corrected chi connectivity index (χ3v) is 9.31. The summed E-state index contributed by atoms with van der Waals surface area (Å²) in [5, 5.41) is 0. The van der Waals surface area contributed by atoms with E-state index in [0.29, 0.717) is 0 Å². The first-order valence-electron chi connectivity index (χ1n) is 7.83. The third kappa shape index (κ3) is 4.61. The Kier molecular flexibility index (Phi) is 7.34. The summed E-state index contributed by atoms with van der Waals surface area (Å²) in [4.78, 5) is 23.4. The molecule has 0 aromatic heterocycles. The molecular formula is C16H22O8S2. The largest absolute Gasteiger partial charge is 0.465 e. The molecule has 146 valence electrons. The minimum absolute atomic E-state index is 0.0496. The summed E-state index contributed by atoms with van der Waals surface area (Å²) in [5.41, 5.74) is -0.0754. The van der Waals surface area contributed by atoms with Crippen molar-refractivity contribution in [2.24, 2.45) is 0 Å². The van der Waals surface area contributed by atoms with E-state index in [-0.39, 0.29) is 18.8 Å². The highest BCUT2D eigenvalue weighted by Gasteiger charge is 2.53. The van der Waals surface area contributed by atoms with Crippen molar-refractivity contribution in [3.05, 3.63) is 35.9 Å². The second-order valence-corrected chi connectivity index (χ2v) is 10.4. The summed E-state index contributed by atoms with van der Waals surface area (Å²) in [6, 6.07) is 7.14. The molecular weight excluding hydrogens is 384 g/mol. The molecule has 0 aliphatic carbocycles. The zero-order valence-corrected chi connectivity index (χ0v) is 16.4. The van der Waals surface area contributed by atoms with Gasteiger partial charge in [0.2, 0.25) is 0 Å². The normalized spacial score (nSPS) is 12.4. The Labute approximate surface area is 153 Å². The Morgan fingerprint density at radius 3 is 1.58 bits per heavy atom. The van der Waals surface area contributed by atoms with Gasteiger partial charge in [-0.05, 0) is 26.3 Å². The predicted octanol–water partition coefficient (Wildman–Crippen LogP) is 0.815. The topological polar surface area (TPSA) is 121 Å². The van der Waals surface area contributed by atoms with Crippen LogP contribution >= 0.6 is 0 Å². The van der Waals surface area contributed by atoms with Crippen molar-refractivity contribution < 1.29 is 35.9 Å². The second-order valence-electron chi connectivity index (χ2n) is 5.44. The quantitative estimate of drug-likeness (QED) is 0.553. The number of hydrogen-bond acceptors (Lipinski definition) is 8. The highest BCUT2D eigenvalue weighted by Crippen LogP contribution is 2.37. The molecule has 0 fully saturated rings. The minimum atomic E-state index is -4.58. The highest BCUT2D eigenvalue weighted by atomic mass is 32.3. The maximum atomic E-state index is 12.9. The number of sulfone groups is 2. The van der Waals surface area contributed by atoms with E-state index in [1.807, 2.05) is 0 Å². The van der Waals surface area contributed by atoms with Crippen molar-refractivity contribution >= 4 is 31.6 Å². The molecule has 8 nitrogen and oxygen atoms in total. The molecule has 0 bridgehead atoms. The van der Waals surface area contributed by atoms with Crippen LogP contribution in [0.25, 0.3) is 0 Å². The standard InChI is InChI=1S/C16H22O8S2/c1-4-23-14(17)11-25(19,20)16(3,13-9-7-6-8-10-13)26(21,22)12-15(18)24-5-2/h6-10H,4-5,11-12H2,1-3H3. The number of ether oxygens (including phenoxy) is 2. The monoisotopic (exact) mass is 406 g/mol. The summed E-state index contributed by atoms with van der Waals surface area (Å²) in [5.74, 6) is -4.40. The molecule has 0 atom stereocenters. The maximum absolute atomic E-state index is 12.9. The van der Waals surface area contributed by atoms with Crippen LogP contribution in [0, 0.1) is 0 Å². The van der Waals surface area contributed by atoms with Gasteiger partial charge in [-0.2, -0.15) is 0 Å². The van der Waals surface area contributed by atoms with Gasteiger partial charge in [-0.15, -0.1) is 0 Å². The lowest BCUT2D eigenvalue weighted by Crippen LogP contribution is -2.46. The van der Waals surface area contributed by atoms with E-state index in [2.05, 4.69) is 9.47 Å². The molecule has 0 saturated carbocycles. The van der Waals surface area contributed by atoms with E-state index in [0.717, 1.165) is 6.92 Å². The molecule has 0 unspecified atom stereocenters. The number of benzene rings is 1. The fraction of sp³-hybridized carbons (Fsp3) is 0.500. The zero-order valence-electron chi connectivity index (χ0n) is 14.8. The van der Waals surface area contributed by atoms with Crippen molar-refractivity contribution in [1.29, 1.82) is 0 Å². The molecule has 1 aromatic rings. The lowest BCUT2D eigenvalue weighted by molar-refractivity contribution is -0.140. The molecule has 0 spiro atoms. The molecule has 0 heterocycles. The van der Waals surface area contributed by atoms with Crippen LogP contribution in [0.5, 0.6) is 0 Å². The van der Waals surface area contributed by atoms with Gasteiger partial charge in [0.25, 0.3) is 0 Å². The Morgan fingerprint density at radius 1 is 0.846 bits per heavy atom. The maximum Gasteiger partial charge on any atom is 0.321 e. The van der Waals surface area contributed by atoms with Gasteiger partial charge < -0.3 is 9.47 Å². The van der Waals surface area contributed by atoms with Gasteiger partial charge in [0, 0.05) is 0 Å². The van der Waals surface area contributed by atoms with Gasteiger partial charge in [0.1, 0.15) is 11.5 Å². The molecule has 0 saturated heterocycles. The second kappa shape index (κ2) is 8.63. The molecule has 26 heavy (non-hydrogen) atoms. The van der Waals surface area contributed by atoms with E-state index >= 15 is 0 Å². The van der Waals surface area contributed by atoms with Crippen LogP contribution in [0.15, 0.2) is 30.3 Å². The van der Waals surface area contributed by atoms with Gasteiger partial charge >= 0.3 is 11.9 Å². The van der Waals surface area contributed by atoms with Gasteiger partial charge in [0.15, 0.2) is 23.8 Å². The van der Waals surface area contributed by atoms with Gasteiger partial charge in [-0.1, -0.05) is 30.3 Å². The molecule has 1 aromatic carbocycles. The predicted molar refractivity (Wildman–Crippen MR) is 94.6 cm³/mol. The van der Waals surface area contributed by atoms with Crippen LogP contribution in [0.4, 0.5) is 0 Å². The first-order chi connectivity index (χ1) is 12.0. The van der Waals surface area contributed by atoms with Gasteiger partial charge in [-0.25, -0.2) is 16.8 Å². The van der Waals surface area contributed by atoms with Crippen molar-refractivity contribution in [1.82, 2.24) is 0 Å². The SMILES string of the molecule is CCOC(=O)CS(=O)(=O)C(C)(c1ccccc1)S(=O)(=O)CC(=O)OCC. The number of carbonyl (C=O) groups is 2. The number of hydrogen-bond donors (Lipinski definition) is 0. The highest BCUT2D eigenvalue weighted by molar-refractivity contribution is 8.10. The summed E-state index contributed by atoms with van der Waals surface area (Å²) in [6.45, 7) is 3.86. The van der Waals surface area contributed by atoms with Crippen LogP contribution < -0.4 is 0 Å². The Hall–Kier alpha value is -1.94.